The first-order valence-electron chi connectivity index (χ1n) is 5.95. The smallest absolute Gasteiger partial charge is 0.261 e. The van der Waals surface area contributed by atoms with Crippen LogP contribution in [0.15, 0.2) is 15.9 Å². The number of thiophene rings is 1. The third-order valence-electron chi connectivity index (χ3n) is 3.01. The highest BCUT2D eigenvalue weighted by Crippen LogP contribution is 2.23. The number of carbonyl (C=O) groups is 1. The van der Waals surface area contributed by atoms with Crippen LogP contribution in [-0.4, -0.2) is 12.5 Å². The summed E-state index contributed by atoms with van der Waals surface area (Å²) in [5.41, 5.74) is 0. The van der Waals surface area contributed by atoms with Gasteiger partial charge < -0.3 is 5.32 Å². The minimum absolute atomic E-state index is 0.0343. The van der Waals surface area contributed by atoms with Crippen molar-refractivity contribution in [2.24, 2.45) is 17.8 Å². The van der Waals surface area contributed by atoms with Gasteiger partial charge in [-0.2, -0.15) is 0 Å². The van der Waals surface area contributed by atoms with Crippen LogP contribution >= 0.6 is 27.3 Å². The highest BCUT2D eigenvalue weighted by atomic mass is 79.9. The summed E-state index contributed by atoms with van der Waals surface area (Å²) in [5.74, 6) is 1.74. The minimum atomic E-state index is 0.0343. The Morgan fingerprint density at radius 3 is 2.29 bits per heavy atom. The Hall–Kier alpha value is -0.350. The molecule has 17 heavy (non-hydrogen) atoms. The normalized spacial score (nSPS) is 11.5. The molecule has 0 saturated heterocycles. The molecule has 0 saturated carbocycles. The van der Waals surface area contributed by atoms with Crippen LogP contribution in [0.25, 0.3) is 0 Å². The molecule has 0 aromatic carbocycles. The summed E-state index contributed by atoms with van der Waals surface area (Å²) in [6, 6.07) is 3.76. The fourth-order valence-corrected chi connectivity index (χ4v) is 3.28. The van der Waals surface area contributed by atoms with E-state index in [1.807, 2.05) is 12.1 Å². The first kappa shape index (κ1) is 14.7. The number of hydrogen-bond acceptors (Lipinski definition) is 2. The van der Waals surface area contributed by atoms with E-state index in [1.165, 1.54) is 11.3 Å². The second-order valence-electron chi connectivity index (χ2n) is 4.97. The van der Waals surface area contributed by atoms with E-state index >= 15 is 0 Å². The third kappa shape index (κ3) is 4.43. The Morgan fingerprint density at radius 2 is 1.88 bits per heavy atom. The summed E-state index contributed by atoms with van der Waals surface area (Å²) in [5, 5.41) is 3.03. The zero-order valence-corrected chi connectivity index (χ0v) is 13.2. The molecule has 1 aromatic heterocycles. The Balaban J connectivity index is 2.52. The summed E-state index contributed by atoms with van der Waals surface area (Å²) in [6.07, 6.45) is 0. The Morgan fingerprint density at radius 1 is 1.29 bits per heavy atom. The van der Waals surface area contributed by atoms with E-state index in [2.05, 4.69) is 48.9 Å². The first-order valence-corrected chi connectivity index (χ1v) is 7.56. The maximum Gasteiger partial charge on any atom is 0.261 e. The molecular weight excluding hydrogens is 298 g/mol. The van der Waals surface area contributed by atoms with Crippen molar-refractivity contribution in [3.05, 3.63) is 20.8 Å². The van der Waals surface area contributed by atoms with E-state index in [0.29, 0.717) is 17.8 Å². The summed E-state index contributed by atoms with van der Waals surface area (Å²) in [7, 11) is 0. The van der Waals surface area contributed by atoms with Gasteiger partial charge in [-0.05, 0) is 45.8 Å². The van der Waals surface area contributed by atoms with Crippen LogP contribution in [0.2, 0.25) is 0 Å². The first-order chi connectivity index (χ1) is 7.91. The van der Waals surface area contributed by atoms with Crippen molar-refractivity contribution in [3.8, 4) is 0 Å². The third-order valence-corrected chi connectivity index (χ3v) is 4.63. The molecule has 1 heterocycles. The van der Waals surface area contributed by atoms with Crippen LogP contribution in [0, 0.1) is 17.8 Å². The molecule has 96 valence electrons. The predicted octanol–water partition coefficient (Wildman–Crippen LogP) is 4.17. The molecule has 0 radical (unpaired) electrons. The highest BCUT2D eigenvalue weighted by molar-refractivity contribution is 9.11. The van der Waals surface area contributed by atoms with E-state index in [0.717, 1.165) is 15.2 Å². The average Bonchev–Trinajstić information content (AvgIpc) is 2.63. The number of nitrogens with one attached hydrogen (secondary N) is 1. The predicted molar refractivity (Wildman–Crippen MR) is 77.5 cm³/mol. The lowest BCUT2D eigenvalue weighted by molar-refractivity contribution is 0.0941. The van der Waals surface area contributed by atoms with E-state index in [4.69, 9.17) is 0 Å². The zero-order valence-electron chi connectivity index (χ0n) is 10.8. The zero-order chi connectivity index (χ0) is 13.0. The lowest BCUT2D eigenvalue weighted by Crippen LogP contribution is -2.33. The summed E-state index contributed by atoms with van der Waals surface area (Å²) in [6.45, 7) is 9.58. The van der Waals surface area contributed by atoms with Gasteiger partial charge in [0.25, 0.3) is 5.91 Å². The molecular formula is C13H20BrNOS. The van der Waals surface area contributed by atoms with Gasteiger partial charge in [0.05, 0.1) is 8.66 Å². The van der Waals surface area contributed by atoms with Crippen LogP contribution < -0.4 is 5.32 Å². The highest BCUT2D eigenvalue weighted by Gasteiger charge is 2.18. The topological polar surface area (TPSA) is 29.1 Å². The van der Waals surface area contributed by atoms with E-state index in [-0.39, 0.29) is 5.91 Å². The average molecular weight is 318 g/mol. The Kier molecular flexibility index (Phi) is 5.67. The van der Waals surface area contributed by atoms with Crippen molar-refractivity contribution < 1.29 is 4.79 Å². The number of amides is 1. The standard InChI is InChI=1S/C13H20BrNOS/c1-8(2)10(9(3)4)7-15-13(16)11-5-6-12(14)17-11/h5-6,8-10H,7H2,1-4H3,(H,15,16). The van der Waals surface area contributed by atoms with Crippen LogP contribution in [-0.2, 0) is 0 Å². The molecule has 0 aliphatic carbocycles. The Labute approximate surface area is 116 Å². The summed E-state index contributed by atoms with van der Waals surface area (Å²) < 4.78 is 0.993. The lowest BCUT2D eigenvalue weighted by atomic mass is 9.85. The molecule has 0 atom stereocenters. The summed E-state index contributed by atoms with van der Waals surface area (Å²) >= 11 is 4.83. The molecule has 2 nitrogen and oxygen atoms in total. The van der Waals surface area contributed by atoms with Crippen LogP contribution in [0.4, 0.5) is 0 Å². The van der Waals surface area contributed by atoms with Gasteiger partial charge >= 0.3 is 0 Å². The van der Waals surface area contributed by atoms with Gasteiger partial charge in [0.2, 0.25) is 0 Å². The fraction of sp³-hybridized carbons (Fsp3) is 0.615. The molecule has 0 aliphatic rings. The molecule has 1 rings (SSSR count). The second-order valence-corrected chi connectivity index (χ2v) is 7.43. The van der Waals surface area contributed by atoms with E-state index in [9.17, 15) is 4.79 Å². The molecule has 1 N–H and O–H groups in total. The van der Waals surface area contributed by atoms with Gasteiger partial charge in [-0.25, -0.2) is 0 Å². The largest absolute Gasteiger partial charge is 0.351 e. The van der Waals surface area contributed by atoms with E-state index in [1.54, 1.807) is 0 Å². The number of carbonyl (C=O) groups excluding carboxylic acids is 1. The quantitative estimate of drug-likeness (QED) is 0.867. The van der Waals surface area contributed by atoms with Crippen molar-refractivity contribution in [1.82, 2.24) is 5.32 Å². The molecule has 1 aromatic rings. The molecule has 0 aliphatic heterocycles. The van der Waals surface area contributed by atoms with Crippen molar-refractivity contribution in [2.45, 2.75) is 27.7 Å². The lowest BCUT2D eigenvalue weighted by Gasteiger charge is -2.24. The molecule has 1 amide bonds. The Bertz CT molecular complexity index is 365. The van der Waals surface area contributed by atoms with Crippen molar-refractivity contribution in [1.29, 1.82) is 0 Å². The van der Waals surface area contributed by atoms with Gasteiger partial charge in [-0.15, -0.1) is 11.3 Å². The van der Waals surface area contributed by atoms with Crippen LogP contribution in [0.1, 0.15) is 37.4 Å². The van der Waals surface area contributed by atoms with Gasteiger partial charge in [0.1, 0.15) is 0 Å². The number of rotatable bonds is 5. The van der Waals surface area contributed by atoms with Crippen molar-refractivity contribution >= 4 is 33.2 Å². The van der Waals surface area contributed by atoms with Gasteiger partial charge in [0.15, 0.2) is 0 Å². The monoisotopic (exact) mass is 317 g/mol. The van der Waals surface area contributed by atoms with Crippen LogP contribution in [0.3, 0.4) is 0 Å². The second kappa shape index (κ2) is 6.55. The van der Waals surface area contributed by atoms with Gasteiger partial charge in [-0.3, -0.25) is 4.79 Å². The molecule has 0 unspecified atom stereocenters. The van der Waals surface area contributed by atoms with E-state index < -0.39 is 0 Å². The van der Waals surface area contributed by atoms with Crippen molar-refractivity contribution in [3.63, 3.8) is 0 Å². The SMILES string of the molecule is CC(C)C(CNC(=O)c1ccc(Br)s1)C(C)C. The van der Waals surface area contributed by atoms with Gasteiger partial charge in [-0.1, -0.05) is 27.7 Å². The number of hydrogen-bond donors (Lipinski definition) is 1. The van der Waals surface area contributed by atoms with Crippen LogP contribution in [0.5, 0.6) is 0 Å². The molecule has 4 heteroatoms. The molecule has 0 fully saturated rings. The summed E-state index contributed by atoms with van der Waals surface area (Å²) in [4.78, 5) is 12.7. The van der Waals surface area contributed by atoms with Crippen molar-refractivity contribution in [2.75, 3.05) is 6.54 Å². The van der Waals surface area contributed by atoms with Gasteiger partial charge in [0, 0.05) is 6.54 Å². The molecule has 0 spiro atoms. The number of halogens is 1. The fourth-order valence-electron chi connectivity index (χ4n) is 1.98. The maximum atomic E-state index is 11.9. The minimum Gasteiger partial charge on any atom is -0.351 e. The molecule has 0 bridgehead atoms. The maximum absolute atomic E-state index is 11.9.